The zero-order chi connectivity index (χ0) is 10.6. The molecule has 1 fully saturated rings. The molecule has 0 saturated carbocycles. The maximum atomic E-state index is 5.81. The number of likely N-dealkylation sites (tertiary alicyclic amines) is 1. The van der Waals surface area contributed by atoms with Crippen LogP contribution in [0.3, 0.4) is 0 Å². The Morgan fingerprint density at radius 1 is 1.43 bits per heavy atom. The molecule has 0 spiro atoms. The number of rotatable bonds is 5. The zero-order valence-corrected chi connectivity index (χ0v) is 10.00. The van der Waals surface area contributed by atoms with Gasteiger partial charge in [0.25, 0.3) is 0 Å². The normalized spacial score (nSPS) is 25.9. The van der Waals surface area contributed by atoms with Gasteiger partial charge in [0, 0.05) is 13.1 Å². The maximum absolute atomic E-state index is 5.81. The molecule has 2 nitrogen and oxygen atoms in total. The fraction of sp³-hybridized carbons (Fsp3) is 1.00. The second-order valence-electron chi connectivity index (χ2n) is 5.38. The van der Waals surface area contributed by atoms with Crippen LogP contribution in [0.15, 0.2) is 0 Å². The van der Waals surface area contributed by atoms with E-state index in [1.54, 1.807) is 0 Å². The van der Waals surface area contributed by atoms with E-state index in [1.807, 2.05) is 0 Å². The smallest absolute Gasteiger partial charge is 0.00219 e. The fourth-order valence-electron chi connectivity index (χ4n) is 2.47. The van der Waals surface area contributed by atoms with E-state index in [-0.39, 0.29) is 0 Å². The van der Waals surface area contributed by atoms with Crippen LogP contribution in [0.2, 0.25) is 0 Å². The first-order valence-electron chi connectivity index (χ1n) is 6.04. The van der Waals surface area contributed by atoms with Gasteiger partial charge in [-0.2, -0.15) is 0 Å². The molecular weight excluding hydrogens is 172 g/mol. The Kier molecular flexibility index (Phi) is 4.90. The Hall–Kier alpha value is -0.0800. The molecule has 2 atom stereocenters. The van der Waals surface area contributed by atoms with Crippen molar-refractivity contribution in [3.05, 3.63) is 0 Å². The molecule has 1 heterocycles. The van der Waals surface area contributed by atoms with Crippen LogP contribution < -0.4 is 5.73 Å². The molecule has 2 heteroatoms. The fourth-order valence-corrected chi connectivity index (χ4v) is 2.47. The first-order chi connectivity index (χ1) is 6.61. The maximum Gasteiger partial charge on any atom is 0.00219 e. The van der Waals surface area contributed by atoms with E-state index in [2.05, 4.69) is 25.7 Å². The zero-order valence-electron chi connectivity index (χ0n) is 10.00. The molecule has 0 aromatic carbocycles. The predicted octanol–water partition coefficient (Wildman–Crippen LogP) is 1.95. The van der Waals surface area contributed by atoms with Crippen LogP contribution in [0.5, 0.6) is 0 Å². The minimum atomic E-state index is 0.709. The van der Waals surface area contributed by atoms with Crippen LogP contribution in [0.25, 0.3) is 0 Å². The summed E-state index contributed by atoms with van der Waals surface area (Å²) < 4.78 is 0. The van der Waals surface area contributed by atoms with Crippen LogP contribution in [0.1, 0.15) is 33.6 Å². The van der Waals surface area contributed by atoms with Gasteiger partial charge in [0.15, 0.2) is 0 Å². The molecule has 1 rings (SSSR count). The number of nitrogens with two attached hydrogens (primary N) is 1. The summed E-state index contributed by atoms with van der Waals surface area (Å²) in [5, 5.41) is 0. The average molecular weight is 198 g/mol. The topological polar surface area (TPSA) is 29.3 Å². The molecule has 2 unspecified atom stereocenters. The first-order valence-corrected chi connectivity index (χ1v) is 6.04. The number of hydrogen-bond acceptors (Lipinski definition) is 2. The molecule has 0 bridgehead atoms. The van der Waals surface area contributed by atoms with Crippen molar-refractivity contribution in [2.45, 2.75) is 33.6 Å². The van der Waals surface area contributed by atoms with Crippen molar-refractivity contribution in [3.63, 3.8) is 0 Å². The van der Waals surface area contributed by atoms with Gasteiger partial charge in [0.2, 0.25) is 0 Å². The van der Waals surface area contributed by atoms with E-state index >= 15 is 0 Å². The van der Waals surface area contributed by atoms with E-state index in [9.17, 15) is 0 Å². The Morgan fingerprint density at radius 2 is 2.14 bits per heavy atom. The van der Waals surface area contributed by atoms with Crippen molar-refractivity contribution < 1.29 is 0 Å². The molecule has 0 amide bonds. The lowest BCUT2D eigenvalue weighted by atomic mass is 9.97. The Balaban J connectivity index is 2.26. The second kappa shape index (κ2) is 5.72. The summed E-state index contributed by atoms with van der Waals surface area (Å²) in [7, 11) is 0. The number of hydrogen-bond donors (Lipinski definition) is 1. The summed E-state index contributed by atoms with van der Waals surface area (Å²) in [6.45, 7) is 11.6. The standard InChI is InChI=1S/C12H26N2/c1-10(2)6-12(7-13)9-14-5-4-11(3)8-14/h10-12H,4-9,13H2,1-3H3. The molecule has 1 saturated heterocycles. The Bertz CT molecular complexity index is 156. The van der Waals surface area contributed by atoms with Gasteiger partial charge in [-0.15, -0.1) is 0 Å². The molecule has 0 radical (unpaired) electrons. The Labute approximate surface area is 88.8 Å². The van der Waals surface area contributed by atoms with Gasteiger partial charge in [-0.3, -0.25) is 0 Å². The van der Waals surface area contributed by atoms with Crippen molar-refractivity contribution in [1.82, 2.24) is 4.90 Å². The molecule has 0 aromatic rings. The predicted molar refractivity (Wildman–Crippen MR) is 62.2 cm³/mol. The average Bonchev–Trinajstić information content (AvgIpc) is 2.49. The lowest BCUT2D eigenvalue weighted by molar-refractivity contribution is 0.251. The first kappa shape index (κ1) is 12.0. The highest BCUT2D eigenvalue weighted by Gasteiger charge is 2.21. The molecule has 14 heavy (non-hydrogen) atoms. The largest absolute Gasteiger partial charge is 0.330 e. The molecule has 1 aliphatic rings. The number of nitrogens with zero attached hydrogens (tertiary/aromatic N) is 1. The van der Waals surface area contributed by atoms with E-state index in [4.69, 9.17) is 5.73 Å². The minimum Gasteiger partial charge on any atom is -0.330 e. The van der Waals surface area contributed by atoms with E-state index in [1.165, 1.54) is 32.5 Å². The highest BCUT2D eigenvalue weighted by molar-refractivity contribution is 4.75. The van der Waals surface area contributed by atoms with Crippen molar-refractivity contribution in [1.29, 1.82) is 0 Å². The van der Waals surface area contributed by atoms with Crippen LogP contribution in [0, 0.1) is 17.8 Å². The van der Waals surface area contributed by atoms with Crippen molar-refractivity contribution in [2.24, 2.45) is 23.5 Å². The molecule has 84 valence electrons. The molecular formula is C12H26N2. The van der Waals surface area contributed by atoms with E-state index in [0.717, 1.165) is 18.4 Å². The monoisotopic (exact) mass is 198 g/mol. The van der Waals surface area contributed by atoms with Crippen molar-refractivity contribution in [2.75, 3.05) is 26.2 Å². The van der Waals surface area contributed by atoms with Crippen LogP contribution in [0.4, 0.5) is 0 Å². The van der Waals surface area contributed by atoms with Crippen molar-refractivity contribution >= 4 is 0 Å². The SMILES string of the molecule is CC(C)CC(CN)CN1CCC(C)C1. The molecule has 0 aromatic heterocycles. The van der Waals surface area contributed by atoms with E-state index in [0.29, 0.717) is 5.92 Å². The highest BCUT2D eigenvalue weighted by atomic mass is 15.1. The van der Waals surface area contributed by atoms with Gasteiger partial charge in [-0.25, -0.2) is 0 Å². The third-order valence-corrected chi connectivity index (χ3v) is 3.16. The van der Waals surface area contributed by atoms with Gasteiger partial charge in [0.05, 0.1) is 0 Å². The highest BCUT2D eigenvalue weighted by Crippen LogP contribution is 2.19. The van der Waals surface area contributed by atoms with Crippen LogP contribution in [-0.4, -0.2) is 31.1 Å². The van der Waals surface area contributed by atoms with Crippen LogP contribution in [-0.2, 0) is 0 Å². The summed E-state index contributed by atoms with van der Waals surface area (Å²) in [6.07, 6.45) is 2.65. The van der Waals surface area contributed by atoms with Gasteiger partial charge < -0.3 is 10.6 Å². The van der Waals surface area contributed by atoms with Gasteiger partial charge in [-0.05, 0) is 43.7 Å². The molecule has 2 N–H and O–H groups in total. The van der Waals surface area contributed by atoms with Crippen LogP contribution >= 0.6 is 0 Å². The second-order valence-corrected chi connectivity index (χ2v) is 5.38. The Morgan fingerprint density at radius 3 is 2.57 bits per heavy atom. The van der Waals surface area contributed by atoms with Gasteiger partial charge in [0.1, 0.15) is 0 Å². The summed E-state index contributed by atoms with van der Waals surface area (Å²) in [6, 6.07) is 0. The third-order valence-electron chi connectivity index (χ3n) is 3.16. The quantitative estimate of drug-likeness (QED) is 0.731. The van der Waals surface area contributed by atoms with Gasteiger partial charge in [-0.1, -0.05) is 20.8 Å². The summed E-state index contributed by atoms with van der Waals surface area (Å²) >= 11 is 0. The lowest BCUT2D eigenvalue weighted by Crippen LogP contribution is -2.32. The molecule has 1 aliphatic heterocycles. The summed E-state index contributed by atoms with van der Waals surface area (Å²) in [5.74, 6) is 2.39. The summed E-state index contributed by atoms with van der Waals surface area (Å²) in [4.78, 5) is 2.59. The van der Waals surface area contributed by atoms with E-state index < -0.39 is 0 Å². The lowest BCUT2D eigenvalue weighted by Gasteiger charge is -2.23. The molecule has 0 aliphatic carbocycles. The van der Waals surface area contributed by atoms with Crippen molar-refractivity contribution in [3.8, 4) is 0 Å². The third kappa shape index (κ3) is 3.97. The summed E-state index contributed by atoms with van der Waals surface area (Å²) in [5.41, 5.74) is 5.81. The minimum absolute atomic E-state index is 0.709. The van der Waals surface area contributed by atoms with Gasteiger partial charge >= 0.3 is 0 Å².